The van der Waals surface area contributed by atoms with Crippen molar-refractivity contribution in [2.75, 3.05) is 0 Å². The van der Waals surface area contributed by atoms with Crippen LogP contribution in [0.2, 0.25) is 0 Å². The van der Waals surface area contributed by atoms with Crippen LogP contribution in [-0.4, -0.2) is 43.1 Å². The topological polar surface area (TPSA) is 71.2 Å². The third-order valence-electron chi connectivity index (χ3n) is 6.73. The van der Waals surface area contributed by atoms with Crippen molar-refractivity contribution < 1.29 is 9.90 Å². The van der Waals surface area contributed by atoms with Gasteiger partial charge in [-0.1, -0.05) is 48.4 Å². The Morgan fingerprint density at radius 1 is 1.13 bits per heavy atom. The normalized spacial score (nSPS) is 20.9. The van der Waals surface area contributed by atoms with E-state index in [1.165, 1.54) is 16.7 Å². The first-order chi connectivity index (χ1) is 15.0. The minimum atomic E-state index is -0.402. The van der Waals surface area contributed by atoms with E-state index in [9.17, 15) is 9.90 Å². The molecule has 2 aromatic carbocycles. The second-order valence-corrected chi connectivity index (χ2v) is 8.94. The van der Waals surface area contributed by atoms with Crippen molar-refractivity contribution in [3.05, 3.63) is 70.4 Å². The number of hydrogen-bond acceptors (Lipinski definition) is 4. The van der Waals surface area contributed by atoms with Crippen molar-refractivity contribution >= 4 is 5.91 Å². The molecule has 2 atom stereocenters. The van der Waals surface area contributed by atoms with Crippen molar-refractivity contribution in [3.63, 3.8) is 0 Å². The zero-order valence-electron chi connectivity index (χ0n) is 18.1. The predicted molar refractivity (Wildman–Crippen MR) is 119 cm³/mol. The van der Waals surface area contributed by atoms with Crippen LogP contribution in [0.15, 0.2) is 42.6 Å². The Hall–Kier alpha value is -2.99. The summed E-state index contributed by atoms with van der Waals surface area (Å²) in [6, 6.07) is 12.5. The summed E-state index contributed by atoms with van der Waals surface area (Å²) < 4.78 is 1.70. The number of aryl methyl sites for hydroxylation is 2. The lowest BCUT2D eigenvalue weighted by Gasteiger charge is -2.35. The number of amides is 1. The molecule has 6 heteroatoms. The molecule has 1 saturated carbocycles. The highest BCUT2D eigenvalue weighted by Crippen LogP contribution is 2.33. The third kappa shape index (κ3) is 3.76. The lowest BCUT2D eigenvalue weighted by Crippen LogP contribution is -2.45. The first-order valence-electron chi connectivity index (χ1n) is 11.1. The van der Waals surface area contributed by atoms with Gasteiger partial charge in [-0.05, 0) is 54.5 Å². The van der Waals surface area contributed by atoms with E-state index in [-0.39, 0.29) is 11.9 Å². The number of aliphatic hydroxyl groups excluding tert-OH is 1. The van der Waals surface area contributed by atoms with Crippen LogP contribution in [0.3, 0.4) is 0 Å². The maximum Gasteiger partial charge on any atom is 0.254 e. The average Bonchev–Trinajstić information content (AvgIpc) is 3.33. The Morgan fingerprint density at radius 2 is 1.90 bits per heavy atom. The fraction of sp³-hybridized carbons (Fsp3) is 0.400. The summed E-state index contributed by atoms with van der Waals surface area (Å²) in [7, 11) is 1.86. The Bertz CT molecular complexity index is 1120. The molecule has 5 rings (SSSR count). The zero-order chi connectivity index (χ0) is 21.5. The van der Waals surface area contributed by atoms with Gasteiger partial charge in [0.2, 0.25) is 0 Å². The summed E-state index contributed by atoms with van der Waals surface area (Å²) in [5.74, 6) is 0.0696. The molecule has 0 bridgehead atoms. The van der Waals surface area contributed by atoms with E-state index in [1.807, 2.05) is 18.1 Å². The fourth-order valence-corrected chi connectivity index (χ4v) is 4.96. The van der Waals surface area contributed by atoms with Crippen molar-refractivity contribution in [3.8, 4) is 11.3 Å². The summed E-state index contributed by atoms with van der Waals surface area (Å²) in [6.07, 6.45) is 6.09. The highest BCUT2D eigenvalue weighted by Gasteiger charge is 2.37. The van der Waals surface area contributed by atoms with Gasteiger partial charge in [-0.2, -0.15) is 0 Å². The monoisotopic (exact) mass is 416 g/mol. The van der Waals surface area contributed by atoms with Gasteiger partial charge < -0.3 is 10.0 Å². The molecule has 0 radical (unpaired) electrons. The molecule has 1 fully saturated rings. The second kappa shape index (κ2) is 7.93. The van der Waals surface area contributed by atoms with Crippen LogP contribution >= 0.6 is 0 Å². The molecule has 1 aromatic heterocycles. The summed E-state index contributed by atoms with van der Waals surface area (Å²) >= 11 is 0. The number of benzene rings is 2. The van der Waals surface area contributed by atoms with E-state index in [0.29, 0.717) is 6.54 Å². The van der Waals surface area contributed by atoms with Crippen molar-refractivity contribution in [2.45, 2.75) is 57.7 Å². The largest absolute Gasteiger partial charge is 0.391 e. The highest BCUT2D eigenvalue weighted by atomic mass is 16.3. The summed E-state index contributed by atoms with van der Waals surface area (Å²) in [5.41, 5.74) is 7.36. The minimum absolute atomic E-state index is 0.0500. The lowest BCUT2D eigenvalue weighted by molar-refractivity contribution is 0.0191. The third-order valence-corrected chi connectivity index (χ3v) is 6.73. The number of rotatable bonds is 4. The molecule has 0 saturated heterocycles. The van der Waals surface area contributed by atoms with Gasteiger partial charge in [0, 0.05) is 24.7 Å². The number of aromatic nitrogens is 3. The first-order valence-corrected chi connectivity index (χ1v) is 11.1. The van der Waals surface area contributed by atoms with E-state index in [2.05, 4.69) is 53.6 Å². The van der Waals surface area contributed by atoms with Crippen LogP contribution in [-0.2, 0) is 20.0 Å². The second-order valence-electron chi connectivity index (χ2n) is 8.94. The number of hydrogen-bond donors (Lipinski definition) is 1. The van der Waals surface area contributed by atoms with Gasteiger partial charge >= 0.3 is 0 Å². The molecule has 1 amide bonds. The van der Waals surface area contributed by atoms with Crippen molar-refractivity contribution in [1.29, 1.82) is 0 Å². The van der Waals surface area contributed by atoms with Gasteiger partial charge in [0.25, 0.3) is 5.91 Å². The Morgan fingerprint density at radius 3 is 2.61 bits per heavy atom. The van der Waals surface area contributed by atoms with E-state index in [1.54, 1.807) is 4.68 Å². The maximum absolute atomic E-state index is 13.2. The maximum atomic E-state index is 13.2. The minimum Gasteiger partial charge on any atom is -0.391 e. The molecule has 160 valence electrons. The number of aliphatic hydroxyl groups is 1. The molecule has 0 unspecified atom stereocenters. The van der Waals surface area contributed by atoms with Crippen molar-refractivity contribution in [2.24, 2.45) is 7.05 Å². The van der Waals surface area contributed by atoms with Crippen LogP contribution < -0.4 is 0 Å². The molecule has 6 nitrogen and oxygen atoms in total. The average molecular weight is 417 g/mol. The molecule has 2 heterocycles. The van der Waals surface area contributed by atoms with E-state index in [0.717, 1.165) is 54.5 Å². The molecular formula is C25H28N4O2. The van der Waals surface area contributed by atoms with E-state index in [4.69, 9.17) is 0 Å². The van der Waals surface area contributed by atoms with Gasteiger partial charge in [-0.15, -0.1) is 5.10 Å². The molecular weight excluding hydrogens is 388 g/mol. The van der Waals surface area contributed by atoms with E-state index < -0.39 is 6.10 Å². The van der Waals surface area contributed by atoms with Gasteiger partial charge in [-0.25, -0.2) is 0 Å². The number of carbonyl (C=O) groups is 1. The van der Waals surface area contributed by atoms with Crippen molar-refractivity contribution in [1.82, 2.24) is 19.9 Å². The fourth-order valence-electron chi connectivity index (χ4n) is 4.96. The smallest absolute Gasteiger partial charge is 0.254 e. The van der Waals surface area contributed by atoms with Crippen LogP contribution in [0.25, 0.3) is 11.3 Å². The molecule has 31 heavy (non-hydrogen) atoms. The van der Waals surface area contributed by atoms with E-state index >= 15 is 0 Å². The predicted octanol–water partition coefficient (Wildman–Crippen LogP) is 3.64. The van der Waals surface area contributed by atoms with Gasteiger partial charge in [0.1, 0.15) is 5.69 Å². The lowest BCUT2D eigenvalue weighted by atomic mass is 9.91. The van der Waals surface area contributed by atoms with Gasteiger partial charge in [0.05, 0.1) is 18.3 Å². The quantitative estimate of drug-likeness (QED) is 0.705. The zero-order valence-corrected chi connectivity index (χ0v) is 18.1. The summed E-state index contributed by atoms with van der Waals surface area (Å²) in [5, 5.41) is 18.6. The molecule has 2 aliphatic rings. The highest BCUT2D eigenvalue weighted by molar-refractivity contribution is 5.99. The number of fused-ring (bicyclic) bond motifs is 1. The van der Waals surface area contributed by atoms with Crippen LogP contribution in [0.4, 0.5) is 0 Å². The molecule has 1 N–H and O–H groups in total. The summed E-state index contributed by atoms with van der Waals surface area (Å²) in [6.45, 7) is 2.73. The Kier molecular flexibility index (Phi) is 5.10. The van der Waals surface area contributed by atoms with Gasteiger partial charge in [-0.3, -0.25) is 9.48 Å². The molecule has 3 aromatic rings. The van der Waals surface area contributed by atoms with Crippen LogP contribution in [0.1, 0.15) is 58.3 Å². The SMILES string of the molecule is Cc1cc2c(cc1Cc1ccc(-c3cn(C)nn3)cc1)C(=O)N([C@@H]1CCCC[C@H]1O)C2. The molecule has 0 spiro atoms. The standard InChI is InChI=1S/C25H28N4O2/c1-16-11-20-14-29(23-5-3-4-6-24(23)30)25(31)21(20)13-19(16)12-17-7-9-18(10-8-17)22-15-28(2)27-26-22/h7-11,13,15,23-24,30H,3-6,12,14H2,1-2H3/t23-,24-/m1/s1. The number of carbonyl (C=O) groups excluding carboxylic acids is 1. The Balaban J connectivity index is 1.36. The molecule has 1 aliphatic heterocycles. The Labute approximate surface area is 182 Å². The first kappa shape index (κ1) is 19.9. The van der Waals surface area contributed by atoms with Gasteiger partial charge in [0.15, 0.2) is 0 Å². The summed E-state index contributed by atoms with van der Waals surface area (Å²) in [4.78, 5) is 15.1. The molecule has 1 aliphatic carbocycles. The van der Waals surface area contributed by atoms with Crippen LogP contribution in [0, 0.1) is 6.92 Å². The van der Waals surface area contributed by atoms with Crippen LogP contribution in [0.5, 0.6) is 0 Å². The number of nitrogens with zero attached hydrogens (tertiary/aromatic N) is 4.